The number of carbonyl (C=O) groups is 1. The normalized spacial score (nSPS) is 14.4. The number of anilines is 1. The zero-order valence-electron chi connectivity index (χ0n) is 20.6. The molecule has 0 saturated carbocycles. The van der Waals surface area contributed by atoms with Crippen molar-refractivity contribution in [1.29, 1.82) is 0 Å². The largest absolute Gasteiger partial charge is 0.325 e. The highest BCUT2D eigenvalue weighted by molar-refractivity contribution is 7.99. The molecule has 0 radical (unpaired) electrons. The summed E-state index contributed by atoms with van der Waals surface area (Å²) in [5.74, 6) is -2.44. The number of para-hydroxylation sites is 1. The van der Waals surface area contributed by atoms with E-state index in [1.54, 1.807) is 36.4 Å². The maximum absolute atomic E-state index is 14.7. The molecule has 0 bridgehead atoms. The summed E-state index contributed by atoms with van der Waals surface area (Å²) < 4.78 is 56.7. The van der Waals surface area contributed by atoms with E-state index in [9.17, 15) is 26.8 Å². The van der Waals surface area contributed by atoms with E-state index < -0.39 is 33.1 Å². The predicted molar refractivity (Wildman–Crippen MR) is 146 cm³/mol. The van der Waals surface area contributed by atoms with Crippen LogP contribution >= 0.6 is 11.8 Å². The Balaban J connectivity index is 1.39. The Kier molecular flexibility index (Phi) is 7.78. The minimum atomic E-state index is -3.68. The third-order valence-electron chi connectivity index (χ3n) is 6.30. The molecule has 1 fully saturated rings. The number of fused-ring (bicyclic) bond motifs is 1. The summed E-state index contributed by atoms with van der Waals surface area (Å²) in [6.45, 7) is 0.926. The molecule has 39 heavy (non-hydrogen) atoms. The van der Waals surface area contributed by atoms with Crippen molar-refractivity contribution in [2.45, 2.75) is 29.3 Å². The SMILES string of the molecule is O=C(CSc1nc2ccccc2c(=O)n1-c1ccc(F)cc1F)Nc1cccc(S(=O)(=O)N2CCCCC2)c1. The molecule has 1 aromatic heterocycles. The Morgan fingerprint density at radius 2 is 1.74 bits per heavy atom. The van der Waals surface area contributed by atoms with E-state index in [4.69, 9.17) is 0 Å². The van der Waals surface area contributed by atoms with Crippen LogP contribution in [-0.4, -0.2) is 47.0 Å². The molecule has 1 N–H and O–H groups in total. The monoisotopic (exact) mass is 570 g/mol. The van der Waals surface area contributed by atoms with Crippen LogP contribution in [0, 0.1) is 11.6 Å². The van der Waals surface area contributed by atoms with Gasteiger partial charge >= 0.3 is 0 Å². The van der Waals surface area contributed by atoms with Gasteiger partial charge in [-0.3, -0.25) is 14.2 Å². The smallest absolute Gasteiger partial charge is 0.266 e. The van der Waals surface area contributed by atoms with Crippen LogP contribution in [-0.2, 0) is 14.8 Å². The first-order chi connectivity index (χ1) is 18.7. The second-order valence-electron chi connectivity index (χ2n) is 8.98. The standard InChI is InChI=1S/C27H24F2N4O4S2/c28-18-11-12-24(22(29)15-18)33-26(35)21-9-2-3-10-23(21)31-27(33)38-17-25(34)30-19-7-6-8-20(16-19)39(36,37)32-13-4-1-5-14-32/h2-3,6-12,15-16H,1,4-5,13-14,17H2,(H,30,34). The van der Waals surface area contributed by atoms with Gasteiger partial charge < -0.3 is 5.32 Å². The summed E-state index contributed by atoms with van der Waals surface area (Å²) in [5.41, 5.74) is -0.102. The average molecular weight is 571 g/mol. The maximum atomic E-state index is 14.7. The van der Waals surface area contributed by atoms with E-state index in [1.165, 1.54) is 16.4 Å². The van der Waals surface area contributed by atoms with E-state index >= 15 is 0 Å². The van der Waals surface area contributed by atoms with Crippen LogP contribution in [0.3, 0.4) is 0 Å². The molecule has 2 heterocycles. The van der Waals surface area contributed by atoms with Crippen LogP contribution in [0.5, 0.6) is 0 Å². The van der Waals surface area contributed by atoms with Gasteiger partial charge in [-0.2, -0.15) is 4.31 Å². The molecular formula is C27H24F2N4O4S2. The number of piperidine rings is 1. The Hall–Kier alpha value is -3.61. The van der Waals surface area contributed by atoms with Crippen molar-refractivity contribution in [2.75, 3.05) is 24.2 Å². The quantitative estimate of drug-likeness (QED) is 0.258. The van der Waals surface area contributed by atoms with Crippen LogP contribution in [0.4, 0.5) is 14.5 Å². The number of thioether (sulfide) groups is 1. The minimum Gasteiger partial charge on any atom is -0.325 e. The third-order valence-corrected chi connectivity index (χ3v) is 9.13. The summed E-state index contributed by atoms with van der Waals surface area (Å²) in [4.78, 5) is 30.6. The Morgan fingerprint density at radius 3 is 2.51 bits per heavy atom. The second-order valence-corrected chi connectivity index (χ2v) is 11.9. The fraction of sp³-hybridized carbons (Fsp3) is 0.222. The number of halogens is 2. The van der Waals surface area contributed by atoms with E-state index in [-0.39, 0.29) is 26.9 Å². The summed E-state index contributed by atoms with van der Waals surface area (Å²) in [5, 5.41) is 2.96. The zero-order valence-corrected chi connectivity index (χ0v) is 22.3. The van der Waals surface area contributed by atoms with Gasteiger partial charge in [0, 0.05) is 24.8 Å². The molecule has 1 amide bonds. The number of nitrogens with one attached hydrogen (secondary N) is 1. The number of hydrogen-bond donors (Lipinski definition) is 1. The molecule has 1 aliphatic rings. The number of carbonyl (C=O) groups excluding carboxylic acids is 1. The average Bonchev–Trinajstić information content (AvgIpc) is 2.93. The van der Waals surface area contributed by atoms with Crippen molar-refractivity contribution in [3.8, 4) is 5.69 Å². The lowest BCUT2D eigenvalue weighted by Gasteiger charge is -2.26. The van der Waals surface area contributed by atoms with E-state index in [2.05, 4.69) is 10.3 Å². The van der Waals surface area contributed by atoms with Crippen LogP contribution < -0.4 is 10.9 Å². The lowest BCUT2D eigenvalue weighted by atomic mass is 10.2. The molecule has 4 aromatic rings. The topological polar surface area (TPSA) is 101 Å². The van der Waals surface area contributed by atoms with Gasteiger partial charge in [0.25, 0.3) is 5.56 Å². The highest BCUT2D eigenvalue weighted by atomic mass is 32.2. The molecular weight excluding hydrogens is 546 g/mol. The summed E-state index contributed by atoms with van der Waals surface area (Å²) in [6, 6.07) is 15.4. The second kappa shape index (κ2) is 11.2. The highest BCUT2D eigenvalue weighted by Gasteiger charge is 2.26. The number of amides is 1. The number of benzene rings is 3. The zero-order chi connectivity index (χ0) is 27.6. The number of sulfonamides is 1. The van der Waals surface area contributed by atoms with Gasteiger partial charge in [-0.15, -0.1) is 0 Å². The lowest BCUT2D eigenvalue weighted by Crippen LogP contribution is -2.35. The molecule has 3 aromatic carbocycles. The molecule has 0 spiro atoms. The third kappa shape index (κ3) is 5.72. The van der Waals surface area contributed by atoms with Gasteiger partial charge in [-0.25, -0.2) is 22.2 Å². The van der Waals surface area contributed by atoms with Crippen LogP contribution in [0.15, 0.2) is 81.6 Å². The first kappa shape index (κ1) is 27.0. The number of hydrogen-bond acceptors (Lipinski definition) is 6. The highest BCUT2D eigenvalue weighted by Crippen LogP contribution is 2.25. The lowest BCUT2D eigenvalue weighted by molar-refractivity contribution is -0.113. The van der Waals surface area contributed by atoms with Crippen molar-refractivity contribution in [1.82, 2.24) is 13.9 Å². The number of nitrogens with zero attached hydrogens (tertiary/aromatic N) is 3. The molecule has 202 valence electrons. The number of rotatable bonds is 7. The van der Waals surface area contributed by atoms with Crippen LogP contribution in [0.25, 0.3) is 16.6 Å². The Bertz CT molecular complexity index is 1720. The molecule has 1 aliphatic heterocycles. The minimum absolute atomic E-state index is 0.0424. The van der Waals surface area contributed by atoms with Gasteiger partial charge in [0.05, 0.1) is 27.2 Å². The summed E-state index contributed by atoms with van der Waals surface area (Å²) in [7, 11) is -3.68. The molecule has 1 saturated heterocycles. The van der Waals surface area contributed by atoms with Crippen LogP contribution in [0.2, 0.25) is 0 Å². The molecule has 5 rings (SSSR count). The first-order valence-corrected chi connectivity index (χ1v) is 14.7. The van der Waals surface area contributed by atoms with Crippen molar-refractivity contribution in [2.24, 2.45) is 0 Å². The van der Waals surface area contributed by atoms with E-state index in [1.807, 2.05) is 0 Å². The molecule has 0 unspecified atom stereocenters. The Labute approximate surface area is 227 Å². The van der Waals surface area contributed by atoms with Crippen molar-refractivity contribution in [3.63, 3.8) is 0 Å². The van der Waals surface area contributed by atoms with Crippen molar-refractivity contribution >= 4 is 44.3 Å². The van der Waals surface area contributed by atoms with Gasteiger partial charge in [-0.1, -0.05) is 36.4 Å². The molecule has 0 atom stereocenters. The molecule has 0 aliphatic carbocycles. The fourth-order valence-corrected chi connectivity index (χ4v) is 6.77. The van der Waals surface area contributed by atoms with E-state index in [0.717, 1.165) is 47.7 Å². The maximum Gasteiger partial charge on any atom is 0.266 e. The van der Waals surface area contributed by atoms with Gasteiger partial charge in [0.15, 0.2) is 5.16 Å². The summed E-state index contributed by atoms with van der Waals surface area (Å²) >= 11 is 0.897. The van der Waals surface area contributed by atoms with Gasteiger partial charge in [0.2, 0.25) is 15.9 Å². The number of aromatic nitrogens is 2. The Morgan fingerprint density at radius 1 is 0.974 bits per heavy atom. The predicted octanol–water partition coefficient (Wildman–Crippen LogP) is 4.57. The summed E-state index contributed by atoms with van der Waals surface area (Å²) in [6.07, 6.45) is 2.61. The first-order valence-electron chi connectivity index (χ1n) is 12.2. The fourth-order valence-electron chi connectivity index (χ4n) is 4.40. The molecule has 12 heteroatoms. The van der Waals surface area contributed by atoms with Crippen molar-refractivity contribution < 1.29 is 22.0 Å². The van der Waals surface area contributed by atoms with Gasteiger partial charge in [-0.05, 0) is 55.3 Å². The van der Waals surface area contributed by atoms with Crippen molar-refractivity contribution in [3.05, 3.63) is 88.7 Å². The molecule has 8 nitrogen and oxygen atoms in total. The van der Waals surface area contributed by atoms with E-state index in [0.29, 0.717) is 30.4 Å². The van der Waals surface area contributed by atoms with Gasteiger partial charge in [0.1, 0.15) is 11.6 Å². The van der Waals surface area contributed by atoms with Crippen LogP contribution in [0.1, 0.15) is 19.3 Å².